The molecule has 0 saturated heterocycles. The minimum Gasteiger partial charge on any atom is -0.494 e. The second-order valence-corrected chi connectivity index (χ2v) is 6.48. The molecule has 0 unspecified atom stereocenters. The first-order valence-corrected chi connectivity index (χ1v) is 9.21. The Hall–Kier alpha value is -4.78. The van der Waals surface area contributed by atoms with E-state index in [0.717, 1.165) is 4.68 Å². The highest BCUT2D eigenvalue weighted by atomic mass is 16.5. The van der Waals surface area contributed by atoms with Crippen molar-refractivity contribution < 1.29 is 19.4 Å². The van der Waals surface area contributed by atoms with Crippen LogP contribution in [0.1, 0.15) is 37.5 Å². The number of nitrogens with zero attached hydrogens (tertiary/aromatic N) is 4. The highest BCUT2D eigenvalue weighted by Crippen LogP contribution is 2.21. The molecule has 32 heavy (non-hydrogen) atoms. The summed E-state index contributed by atoms with van der Waals surface area (Å²) in [5.41, 5.74) is 2.27. The number of hydrogen-bond acceptors (Lipinski definition) is 7. The summed E-state index contributed by atoms with van der Waals surface area (Å²) in [4.78, 5) is 36.4. The molecule has 0 aliphatic carbocycles. The van der Waals surface area contributed by atoms with Crippen molar-refractivity contribution in [1.29, 1.82) is 5.26 Å². The smallest absolute Gasteiger partial charge is 0.335 e. The maximum Gasteiger partial charge on any atom is 0.335 e. The highest BCUT2D eigenvalue weighted by molar-refractivity contribution is 5.95. The number of aromatic carboxylic acids is 1. The molecule has 0 fully saturated rings. The maximum absolute atomic E-state index is 12.8. The summed E-state index contributed by atoms with van der Waals surface area (Å²) in [5.74, 6) is -1.45. The average Bonchev–Trinajstić information content (AvgIpc) is 2.80. The lowest BCUT2D eigenvalue weighted by atomic mass is 10.1. The number of benzene rings is 2. The van der Waals surface area contributed by atoms with Gasteiger partial charge in [0, 0.05) is 5.56 Å². The van der Waals surface area contributed by atoms with E-state index in [1.165, 1.54) is 44.5 Å². The molecule has 2 N–H and O–H groups in total. The lowest BCUT2D eigenvalue weighted by Crippen LogP contribution is -2.31. The number of aromatic nitrogens is 2. The van der Waals surface area contributed by atoms with Gasteiger partial charge in [-0.3, -0.25) is 9.59 Å². The molecule has 10 heteroatoms. The summed E-state index contributed by atoms with van der Waals surface area (Å²) in [5, 5.41) is 26.4. The molecular formula is C22H17N5O5. The molecule has 2 aromatic carbocycles. The Morgan fingerprint density at radius 1 is 1.22 bits per heavy atom. The number of carboxylic acid groups (broad SMARTS) is 1. The summed E-state index contributed by atoms with van der Waals surface area (Å²) >= 11 is 0. The van der Waals surface area contributed by atoms with E-state index in [2.05, 4.69) is 15.6 Å². The van der Waals surface area contributed by atoms with Crippen LogP contribution in [0.4, 0.5) is 0 Å². The van der Waals surface area contributed by atoms with Crippen LogP contribution < -0.4 is 15.7 Å². The fourth-order valence-corrected chi connectivity index (χ4v) is 2.85. The Balaban J connectivity index is 1.95. The molecule has 0 radical (unpaired) electrons. The third-order valence-electron chi connectivity index (χ3n) is 4.51. The number of hydrazone groups is 1. The van der Waals surface area contributed by atoms with E-state index in [4.69, 9.17) is 9.84 Å². The van der Waals surface area contributed by atoms with Crippen molar-refractivity contribution >= 4 is 18.1 Å². The first-order chi connectivity index (χ1) is 15.4. The summed E-state index contributed by atoms with van der Waals surface area (Å²) in [7, 11) is 1.43. The third-order valence-corrected chi connectivity index (χ3v) is 4.51. The van der Waals surface area contributed by atoms with Crippen LogP contribution in [-0.4, -0.2) is 40.1 Å². The van der Waals surface area contributed by atoms with Gasteiger partial charge < -0.3 is 9.84 Å². The molecule has 0 aliphatic heterocycles. The molecule has 0 spiro atoms. The van der Waals surface area contributed by atoms with Crippen LogP contribution >= 0.6 is 0 Å². The molecule has 0 bridgehead atoms. The lowest BCUT2D eigenvalue weighted by Gasteiger charge is -2.13. The zero-order valence-electron chi connectivity index (χ0n) is 17.1. The van der Waals surface area contributed by atoms with Gasteiger partial charge in [0.1, 0.15) is 23.1 Å². The van der Waals surface area contributed by atoms with Crippen molar-refractivity contribution in [3.8, 4) is 17.5 Å². The molecule has 0 saturated carbocycles. The van der Waals surface area contributed by atoms with Gasteiger partial charge in [0.2, 0.25) is 0 Å². The van der Waals surface area contributed by atoms with Crippen LogP contribution in [-0.2, 0) is 0 Å². The lowest BCUT2D eigenvalue weighted by molar-refractivity contribution is 0.0696. The van der Waals surface area contributed by atoms with Gasteiger partial charge in [-0.2, -0.15) is 20.1 Å². The van der Waals surface area contributed by atoms with E-state index in [0.29, 0.717) is 11.3 Å². The number of nitrogens with one attached hydrogen (secondary N) is 1. The number of amides is 1. The Morgan fingerprint density at radius 2 is 1.91 bits per heavy atom. The zero-order valence-corrected chi connectivity index (χ0v) is 17.1. The fraction of sp³-hybridized carbons (Fsp3) is 0.0909. The zero-order chi connectivity index (χ0) is 23.3. The molecule has 1 heterocycles. The van der Waals surface area contributed by atoms with Gasteiger partial charge in [-0.15, -0.1) is 0 Å². The second-order valence-electron chi connectivity index (χ2n) is 6.48. The predicted octanol–water partition coefficient (Wildman–Crippen LogP) is 1.88. The largest absolute Gasteiger partial charge is 0.494 e. The highest BCUT2D eigenvalue weighted by Gasteiger charge is 2.21. The molecule has 1 aromatic heterocycles. The Morgan fingerprint density at radius 3 is 2.53 bits per heavy atom. The number of carbonyl (C=O) groups excluding carboxylic acids is 1. The van der Waals surface area contributed by atoms with Crippen molar-refractivity contribution in [2.24, 2.45) is 5.10 Å². The number of hydrogen-bond donors (Lipinski definition) is 2. The van der Waals surface area contributed by atoms with E-state index in [-0.39, 0.29) is 28.1 Å². The number of ether oxygens (including phenoxy) is 1. The molecule has 0 atom stereocenters. The average molecular weight is 431 g/mol. The monoisotopic (exact) mass is 431 g/mol. The number of para-hydroxylation sites is 2. The van der Waals surface area contributed by atoms with E-state index in [9.17, 15) is 19.6 Å². The van der Waals surface area contributed by atoms with Crippen molar-refractivity contribution in [1.82, 2.24) is 15.2 Å². The Kier molecular flexibility index (Phi) is 6.41. The van der Waals surface area contributed by atoms with Gasteiger partial charge in [-0.1, -0.05) is 24.3 Å². The van der Waals surface area contributed by atoms with Crippen LogP contribution in [0.5, 0.6) is 5.75 Å². The predicted molar refractivity (Wildman–Crippen MR) is 114 cm³/mol. The third kappa shape index (κ3) is 4.36. The van der Waals surface area contributed by atoms with Crippen molar-refractivity contribution in [3.63, 3.8) is 0 Å². The molecule has 10 nitrogen and oxygen atoms in total. The summed E-state index contributed by atoms with van der Waals surface area (Å²) in [6.07, 6.45) is 1.32. The number of carboxylic acids is 1. The van der Waals surface area contributed by atoms with E-state index in [1.807, 2.05) is 6.07 Å². The van der Waals surface area contributed by atoms with Crippen LogP contribution in [0.25, 0.3) is 5.69 Å². The molecule has 3 aromatic rings. The van der Waals surface area contributed by atoms with E-state index in [1.54, 1.807) is 24.3 Å². The minimum absolute atomic E-state index is 0.113. The number of rotatable bonds is 6. The molecule has 1 amide bonds. The van der Waals surface area contributed by atoms with Gasteiger partial charge in [-0.05, 0) is 36.8 Å². The molecule has 3 rings (SSSR count). The van der Waals surface area contributed by atoms with Gasteiger partial charge >= 0.3 is 5.97 Å². The molecule has 0 aliphatic rings. The quantitative estimate of drug-likeness (QED) is 0.447. The number of nitriles is 1. The standard InChI is InChI=1S/C22H17N5O5/c1-13-16(11-23)21(29)27(17-5-3-4-6-18(17)32-2)26-19(13)20(28)25-24-12-14-7-9-15(10-8-14)22(30)31/h3-10,12H,1-2H3,(H,25,28)(H,30,31)/b24-12+. The first-order valence-electron chi connectivity index (χ1n) is 9.21. The topological polar surface area (TPSA) is 147 Å². The second kappa shape index (κ2) is 9.36. The maximum atomic E-state index is 12.8. The minimum atomic E-state index is -1.05. The number of carbonyl (C=O) groups is 2. The molecule has 160 valence electrons. The first kappa shape index (κ1) is 21.9. The van der Waals surface area contributed by atoms with Gasteiger partial charge in [0.25, 0.3) is 11.5 Å². The van der Waals surface area contributed by atoms with Crippen LogP contribution in [0, 0.1) is 18.3 Å². The Bertz CT molecular complexity index is 1320. The summed E-state index contributed by atoms with van der Waals surface area (Å²) < 4.78 is 6.19. The van der Waals surface area contributed by atoms with Gasteiger partial charge in [-0.25, -0.2) is 10.2 Å². The fourth-order valence-electron chi connectivity index (χ4n) is 2.85. The summed E-state index contributed by atoms with van der Waals surface area (Å²) in [6, 6.07) is 14.2. The van der Waals surface area contributed by atoms with E-state index < -0.39 is 17.4 Å². The summed E-state index contributed by atoms with van der Waals surface area (Å²) in [6.45, 7) is 1.45. The van der Waals surface area contributed by atoms with Crippen molar-refractivity contribution in [3.05, 3.63) is 86.8 Å². The van der Waals surface area contributed by atoms with E-state index >= 15 is 0 Å². The molecular weight excluding hydrogens is 414 g/mol. The number of methoxy groups -OCH3 is 1. The SMILES string of the molecule is COc1ccccc1-n1nc(C(=O)N/N=C/c2ccc(C(=O)O)cc2)c(C)c(C#N)c1=O. The normalized spacial score (nSPS) is 10.5. The van der Waals surface area contributed by atoms with Crippen LogP contribution in [0.3, 0.4) is 0 Å². The van der Waals surface area contributed by atoms with Gasteiger partial charge in [0.15, 0.2) is 5.69 Å². The van der Waals surface area contributed by atoms with Crippen LogP contribution in [0.15, 0.2) is 58.4 Å². The van der Waals surface area contributed by atoms with Crippen LogP contribution in [0.2, 0.25) is 0 Å². The van der Waals surface area contributed by atoms with Crippen molar-refractivity contribution in [2.75, 3.05) is 7.11 Å². The Labute approximate surface area is 182 Å². The van der Waals surface area contributed by atoms with Gasteiger partial charge in [0.05, 0.1) is 18.9 Å². The van der Waals surface area contributed by atoms with Crippen molar-refractivity contribution in [2.45, 2.75) is 6.92 Å².